The molecule has 0 saturated carbocycles. The van der Waals surface area contributed by atoms with E-state index in [4.69, 9.17) is 38.3 Å². The molecule has 2 aromatic carbocycles. The zero-order valence-electron chi connectivity index (χ0n) is 22.9. The van der Waals surface area contributed by atoms with Gasteiger partial charge in [-0.25, -0.2) is 0 Å². The summed E-state index contributed by atoms with van der Waals surface area (Å²) in [6, 6.07) is 20.2. The Morgan fingerprint density at radius 2 is 1.74 bits per heavy atom. The van der Waals surface area contributed by atoms with Gasteiger partial charge in [-0.2, -0.15) is 0 Å². The quantitative estimate of drug-likeness (QED) is 0.186. The second kappa shape index (κ2) is 11.4. The lowest BCUT2D eigenvalue weighted by atomic mass is 9.96. The van der Waals surface area contributed by atoms with Crippen LogP contribution in [0.1, 0.15) is 45.9 Å². The van der Waals surface area contributed by atoms with Crippen LogP contribution in [0.4, 0.5) is 5.69 Å². The van der Waals surface area contributed by atoms with Crippen LogP contribution < -0.4 is 15.0 Å². The fourth-order valence-corrected chi connectivity index (χ4v) is 6.11. The van der Waals surface area contributed by atoms with E-state index in [1.165, 1.54) is 22.4 Å². The van der Waals surface area contributed by atoms with Crippen molar-refractivity contribution < 1.29 is 9.47 Å². The molecule has 2 atom stereocenters. The number of aryl methyl sites for hydroxylation is 3. The van der Waals surface area contributed by atoms with Crippen molar-refractivity contribution in [2.24, 2.45) is 0 Å². The molecule has 2 aromatic heterocycles. The van der Waals surface area contributed by atoms with Crippen molar-refractivity contribution in [2.75, 3.05) is 25.2 Å². The van der Waals surface area contributed by atoms with E-state index in [9.17, 15) is 0 Å². The van der Waals surface area contributed by atoms with Gasteiger partial charge in [-0.15, -0.1) is 0 Å². The van der Waals surface area contributed by atoms with Crippen LogP contribution in [0.3, 0.4) is 0 Å². The molecule has 0 amide bonds. The molecule has 1 fully saturated rings. The lowest BCUT2D eigenvalue weighted by Gasteiger charge is -2.28. The summed E-state index contributed by atoms with van der Waals surface area (Å²) in [7, 11) is 1.64. The number of hydrogen-bond acceptors (Lipinski definition) is 4. The molecule has 8 heteroatoms. The van der Waals surface area contributed by atoms with Crippen molar-refractivity contribution in [1.29, 1.82) is 0 Å². The lowest BCUT2D eigenvalue weighted by molar-refractivity contribution is 0.146. The van der Waals surface area contributed by atoms with E-state index in [1.807, 2.05) is 42.6 Å². The lowest BCUT2D eigenvalue weighted by Crippen LogP contribution is -2.29. The van der Waals surface area contributed by atoms with Crippen LogP contribution in [-0.4, -0.2) is 35.0 Å². The van der Waals surface area contributed by atoms with Crippen molar-refractivity contribution in [3.8, 4) is 11.4 Å². The summed E-state index contributed by atoms with van der Waals surface area (Å²) >= 11 is 12.6. The maximum absolute atomic E-state index is 6.68. The van der Waals surface area contributed by atoms with Gasteiger partial charge in [0.15, 0.2) is 5.11 Å². The Kier molecular flexibility index (Phi) is 7.93. The van der Waals surface area contributed by atoms with Crippen LogP contribution in [0.2, 0.25) is 5.02 Å². The molecular weight excluding hydrogens is 528 g/mol. The van der Waals surface area contributed by atoms with Crippen molar-refractivity contribution >= 4 is 34.6 Å². The smallest absolute Gasteiger partial charge is 0.174 e. The van der Waals surface area contributed by atoms with Crippen LogP contribution in [0.15, 0.2) is 66.9 Å². The van der Waals surface area contributed by atoms with E-state index < -0.39 is 0 Å². The second-order valence-electron chi connectivity index (χ2n) is 9.85. The summed E-state index contributed by atoms with van der Waals surface area (Å²) in [6.07, 6.45) is 1.82. The van der Waals surface area contributed by atoms with Gasteiger partial charge in [0.25, 0.3) is 0 Å². The van der Waals surface area contributed by atoms with Gasteiger partial charge in [0, 0.05) is 30.4 Å². The highest BCUT2D eigenvalue weighted by molar-refractivity contribution is 7.80. The average Bonchev–Trinajstić information content (AvgIpc) is 3.41. The highest BCUT2D eigenvalue weighted by Crippen LogP contribution is 2.45. The first-order valence-electron chi connectivity index (χ1n) is 13.0. The Bertz CT molecular complexity index is 1480. The first kappa shape index (κ1) is 27.2. The first-order valence-corrected chi connectivity index (χ1v) is 13.8. The van der Waals surface area contributed by atoms with Crippen LogP contribution in [0, 0.1) is 27.7 Å². The van der Waals surface area contributed by atoms with Gasteiger partial charge >= 0.3 is 0 Å². The van der Waals surface area contributed by atoms with Gasteiger partial charge in [0.05, 0.1) is 35.1 Å². The van der Waals surface area contributed by atoms with Gasteiger partial charge in [-0.05, 0) is 93.0 Å². The van der Waals surface area contributed by atoms with E-state index in [0.717, 1.165) is 22.8 Å². The van der Waals surface area contributed by atoms with Crippen molar-refractivity contribution in [3.63, 3.8) is 0 Å². The maximum Gasteiger partial charge on any atom is 0.174 e. The number of halogens is 1. The normalized spacial score (nSPS) is 17.0. The molecule has 6 nitrogen and oxygen atoms in total. The number of anilines is 1. The van der Waals surface area contributed by atoms with Crippen LogP contribution in [0.25, 0.3) is 5.69 Å². The van der Waals surface area contributed by atoms with Gasteiger partial charge < -0.3 is 24.3 Å². The van der Waals surface area contributed by atoms with E-state index in [-0.39, 0.29) is 12.1 Å². The van der Waals surface area contributed by atoms with E-state index in [1.54, 1.807) is 7.11 Å². The molecule has 1 aliphatic rings. The molecule has 0 radical (unpaired) electrons. The minimum Gasteiger partial charge on any atom is -0.490 e. The molecule has 1 saturated heterocycles. The Morgan fingerprint density at radius 3 is 2.41 bits per heavy atom. The van der Waals surface area contributed by atoms with E-state index in [0.29, 0.717) is 29.1 Å². The third-order valence-corrected chi connectivity index (χ3v) is 7.90. The van der Waals surface area contributed by atoms with Gasteiger partial charge in [0.2, 0.25) is 0 Å². The minimum atomic E-state index is -0.151. The fraction of sp³-hybridized carbons (Fsp3) is 0.290. The molecule has 0 unspecified atom stereocenters. The highest BCUT2D eigenvalue weighted by Gasteiger charge is 2.42. The zero-order chi connectivity index (χ0) is 27.7. The number of hydrogen-bond donors (Lipinski definition) is 1. The molecular formula is C31H33ClN4O2S. The standard InChI is InChI=1S/C31H33ClN4O2S/c1-19-9-8-10-20(2)29(19)35-21(3)17-24(22(35)4)30-28(26-11-6-7-14-33-26)34-31(39)36(30)23-12-13-27(25(32)18-23)38-16-15-37-5/h6-14,17-18,28,30H,15-16H2,1-5H3,(H,34,39)/t28-,30+/m0/s1. The molecule has 202 valence electrons. The number of rotatable bonds is 8. The topological polar surface area (TPSA) is 51.6 Å². The summed E-state index contributed by atoms with van der Waals surface area (Å²) in [5.74, 6) is 0.613. The minimum absolute atomic E-state index is 0.145. The van der Waals surface area contributed by atoms with Crippen LogP contribution in [-0.2, 0) is 4.74 Å². The number of methoxy groups -OCH3 is 1. The molecule has 5 rings (SSSR count). The number of nitrogens with one attached hydrogen (secondary N) is 1. The summed E-state index contributed by atoms with van der Waals surface area (Å²) in [4.78, 5) is 6.85. The van der Waals surface area contributed by atoms with Crippen LogP contribution in [0.5, 0.6) is 5.75 Å². The summed E-state index contributed by atoms with van der Waals surface area (Å²) in [5.41, 5.74) is 9.00. The fourth-order valence-electron chi connectivity index (χ4n) is 5.53. The van der Waals surface area contributed by atoms with Gasteiger partial charge in [0.1, 0.15) is 12.4 Å². The largest absolute Gasteiger partial charge is 0.490 e. The third-order valence-electron chi connectivity index (χ3n) is 7.29. The van der Waals surface area contributed by atoms with Crippen molar-refractivity contribution in [2.45, 2.75) is 39.8 Å². The molecule has 3 heterocycles. The first-order chi connectivity index (χ1) is 18.8. The predicted molar refractivity (Wildman–Crippen MR) is 161 cm³/mol. The average molecular weight is 561 g/mol. The zero-order valence-corrected chi connectivity index (χ0v) is 24.4. The molecule has 0 spiro atoms. The second-order valence-corrected chi connectivity index (χ2v) is 10.6. The van der Waals surface area contributed by atoms with Crippen LogP contribution >= 0.6 is 23.8 Å². The number of ether oxygens (including phenoxy) is 2. The van der Waals surface area contributed by atoms with Crippen molar-refractivity contribution in [3.05, 3.63) is 106 Å². The molecule has 1 N–H and O–H groups in total. The van der Waals surface area contributed by atoms with E-state index in [2.05, 4.69) is 66.7 Å². The summed E-state index contributed by atoms with van der Waals surface area (Å²) in [6.45, 7) is 9.58. The Hall–Kier alpha value is -3.39. The molecule has 39 heavy (non-hydrogen) atoms. The predicted octanol–water partition coefficient (Wildman–Crippen LogP) is 6.96. The monoisotopic (exact) mass is 560 g/mol. The molecule has 0 bridgehead atoms. The summed E-state index contributed by atoms with van der Waals surface area (Å²) < 4.78 is 13.3. The maximum atomic E-state index is 6.68. The number of para-hydroxylation sites is 1. The SMILES string of the molecule is COCCOc1ccc(N2C(=S)N[C@@H](c3ccccn3)[C@H]2c2cc(C)n(-c3c(C)cccc3C)c2C)cc1Cl. The summed E-state index contributed by atoms with van der Waals surface area (Å²) in [5, 5.41) is 4.70. The Labute approximate surface area is 240 Å². The number of pyridine rings is 1. The number of aromatic nitrogens is 2. The molecule has 1 aliphatic heterocycles. The Balaban J connectivity index is 1.63. The molecule has 0 aliphatic carbocycles. The number of benzene rings is 2. The molecule has 4 aromatic rings. The highest BCUT2D eigenvalue weighted by atomic mass is 35.5. The van der Waals surface area contributed by atoms with E-state index >= 15 is 0 Å². The Morgan fingerprint density at radius 1 is 0.974 bits per heavy atom. The van der Waals surface area contributed by atoms with Gasteiger partial charge in [-0.1, -0.05) is 35.9 Å². The third kappa shape index (κ3) is 5.14. The van der Waals surface area contributed by atoms with Gasteiger partial charge in [-0.3, -0.25) is 4.98 Å². The number of thiocarbonyl (C=S) groups is 1. The van der Waals surface area contributed by atoms with Crippen molar-refractivity contribution in [1.82, 2.24) is 14.9 Å². The number of nitrogens with zero attached hydrogens (tertiary/aromatic N) is 3.